The first-order chi connectivity index (χ1) is 8.51. The fourth-order valence-corrected chi connectivity index (χ4v) is 1.50. The van der Waals surface area contributed by atoms with Crippen molar-refractivity contribution >= 4 is 5.91 Å². The third-order valence-corrected chi connectivity index (χ3v) is 3.04. The lowest BCUT2D eigenvalue weighted by Gasteiger charge is -2.18. The van der Waals surface area contributed by atoms with Crippen molar-refractivity contribution < 1.29 is 9.18 Å². The van der Waals surface area contributed by atoms with E-state index in [9.17, 15) is 9.18 Å². The maximum absolute atomic E-state index is 12.9. The molecule has 3 nitrogen and oxygen atoms in total. The van der Waals surface area contributed by atoms with Gasteiger partial charge in [0.15, 0.2) is 0 Å². The Hall–Kier alpha value is -1.89. The summed E-state index contributed by atoms with van der Waals surface area (Å²) in [7, 11) is 0. The number of hydrogen-bond acceptors (Lipinski definition) is 2. The molecule has 0 saturated carbocycles. The minimum atomic E-state index is -0.984. The Kier molecular flexibility index (Phi) is 4.85. The summed E-state index contributed by atoms with van der Waals surface area (Å²) >= 11 is 0. The molecule has 1 N–H and O–H groups in total. The largest absolute Gasteiger partial charge is 0.354 e. The van der Waals surface area contributed by atoms with Gasteiger partial charge in [0.05, 0.1) is 6.07 Å². The van der Waals surface area contributed by atoms with E-state index in [0.717, 1.165) is 5.56 Å². The van der Waals surface area contributed by atoms with Crippen molar-refractivity contribution in [2.24, 2.45) is 5.41 Å². The first kappa shape index (κ1) is 14.2. The zero-order valence-electron chi connectivity index (χ0n) is 10.7. The van der Waals surface area contributed by atoms with Crippen LogP contribution in [0.1, 0.15) is 25.8 Å². The summed E-state index contributed by atoms with van der Waals surface area (Å²) in [4.78, 5) is 11.8. The van der Waals surface area contributed by atoms with Crippen LogP contribution in [-0.2, 0) is 11.2 Å². The molecular formula is C14H17FN2O. The highest BCUT2D eigenvalue weighted by atomic mass is 19.1. The predicted octanol–water partition coefficient (Wildman–Crippen LogP) is 2.42. The van der Waals surface area contributed by atoms with Crippen LogP contribution in [0.5, 0.6) is 0 Å². The number of nitrogens with one attached hydrogen (secondary N) is 1. The average molecular weight is 248 g/mol. The molecule has 0 aliphatic rings. The number of carbonyl (C=O) groups excluding carboxylic acids is 1. The lowest BCUT2D eigenvalue weighted by atomic mass is 9.88. The van der Waals surface area contributed by atoms with Crippen LogP contribution in [0.4, 0.5) is 4.39 Å². The molecule has 0 spiro atoms. The summed E-state index contributed by atoms with van der Waals surface area (Å²) in [6.45, 7) is 3.82. The molecule has 1 aromatic rings. The van der Waals surface area contributed by atoms with E-state index < -0.39 is 5.41 Å². The highest BCUT2D eigenvalue weighted by molar-refractivity contribution is 5.84. The minimum absolute atomic E-state index is 0.274. The summed E-state index contributed by atoms with van der Waals surface area (Å²) in [5.41, 5.74) is -0.160. The monoisotopic (exact) mass is 248 g/mol. The second kappa shape index (κ2) is 6.15. The van der Waals surface area contributed by atoms with Crippen molar-refractivity contribution in [2.45, 2.75) is 26.7 Å². The molecule has 96 valence electrons. The molecule has 0 bridgehead atoms. The molecule has 1 atom stereocenters. The highest BCUT2D eigenvalue weighted by Crippen LogP contribution is 2.19. The predicted molar refractivity (Wildman–Crippen MR) is 67.1 cm³/mol. The van der Waals surface area contributed by atoms with Gasteiger partial charge in [-0.3, -0.25) is 4.79 Å². The first-order valence-electron chi connectivity index (χ1n) is 5.96. The zero-order valence-corrected chi connectivity index (χ0v) is 10.7. The van der Waals surface area contributed by atoms with Crippen LogP contribution in [0.3, 0.4) is 0 Å². The smallest absolute Gasteiger partial charge is 0.240 e. The van der Waals surface area contributed by atoms with Crippen molar-refractivity contribution in [1.29, 1.82) is 5.26 Å². The Balaban J connectivity index is 2.48. The van der Waals surface area contributed by atoms with Crippen molar-refractivity contribution in [3.63, 3.8) is 0 Å². The number of benzene rings is 1. The molecule has 0 aliphatic heterocycles. The van der Waals surface area contributed by atoms with Gasteiger partial charge in [0, 0.05) is 6.54 Å². The zero-order chi connectivity index (χ0) is 13.6. The van der Waals surface area contributed by atoms with E-state index in [0.29, 0.717) is 19.4 Å². The standard InChI is InChI=1S/C14H17FN2O/c1-3-14(2,10-16)13(18)17-8-7-11-5-4-6-12(15)9-11/h4-6,9H,3,7-8H2,1-2H3,(H,17,18). The summed E-state index contributed by atoms with van der Waals surface area (Å²) in [6.07, 6.45) is 1.02. The number of nitriles is 1. The van der Waals surface area contributed by atoms with Gasteiger partial charge in [-0.1, -0.05) is 19.1 Å². The van der Waals surface area contributed by atoms with Crippen LogP contribution in [0.2, 0.25) is 0 Å². The van der Waals surface area contributed by atoms with Crippen molar-refractivity contribution in [3.05, 3.63) is 35.6 Å². The lowest BCUT2D eigenvalue weighted by Crippen LogP contribution is -2.38. The molecule has 0 fully saturated rings. The van der Waals surface area contributed by atoms with E-state index in [1.165, 1.54) is 12.1 Å². The molecule has 1 unspecified atom stereocenters. The number of halogens is 1. The van der Waals surface area contributed by atoms with Crippen LogP contribution < -0.4 is 5.32 Å². The normalized spacial score (nSPS) is 13.4. The van der Waals surface area contributed by atoms with Gasteiger partial charge in [0.25, 0.3) is 0 Å². The second-order valence-corrected chi connectivity index (χ2v) is 4.43. The maximum atomic E-state index is 12.9. The maximum Gasteiger partial charge on any atom is 0.240 e. The number of nitrogens with zero attached hydrogens (tertiary/aromatic N) is 1. The van der Waals surface area contributed by atoms with E-state index in [4.69, 9.17) is 5.26 Å². The summed E-state index contributed by atoms with van der Waals surface area (Å²) < 4.78 is 12.9. The Morgan fingerprint density at radius 2 is 2.28 bits per heavy atom. The van der Waals surface area contributed by atoms with E-state index in [-0.39, 0.29) is 11.7 Å². The Bertz CT molecular complexity index is 467. The topological polar surface area (TPSA) is 52.9 Å². The van der Waals surface area contributed by atoms with Crippen LogP contribution in [-0.4, -0.2) is 12.5 Å². The first-order valence-corrected chi connectivity index (χ1v) is 5.96. The quantitative estimate of drug-likeness (QED) is 0.870. The van der Waals surface area contributed by atoms with Gasteiger partial charge in [0.1, 0.15) is 11.2 Å². The van der Waals surface area contributed by atoms with E-state index in [1.807, 2.05) is 6.07 Å². The molecule has 18 heavy (non-hydrogen) atoms. The molecule has 0 aromatic heterocycles. The molecule has 0 radical (unpaired) electrons. The summed E-state index contributed by atoms with van der Waals surface area (Å²) in [6, 6.07) is 8.28. The average Bonchev–Trinajstić information content (AvgIpc) is 2.37. The Morgan fingerprint density at radius 1 is 1.56 bits per heavy atom. The molecule has 1 rings (SSSR count). The molecule has 0 saturated heterocycles. The Labute approximate surface area is 107 Å². The van der Waals surface area contributed by atoms with Gasteiger partial charge >= 0.3 is 0 Å². The van der Waals surface area contributed by atoms with Crippen LogP contribution >= 0.6 is 0 Å². The third-order valence-electron chi connectivity index (χ3n) is 3.04. The van der Waals surface area contributed by atoms with E-state index in [1.54, 1.807) is 26.0 Å². The fraction of sp³-hybridized carbons (Fsp3) is 0.429. The van der Waals surface area contributed by atoms with Crippen LogP contribution in [0.25, 0.3) is 0 Å². The van der Waals surface area contributed by atoms with Gasteiger partial charge in [-0.25, -0.2) is 4.39 Å². The van der Waals surface area contributed by atoms with Crippen molar-refractivity contribution in [2.75, 3.05) is 6.54 Å². The molecule has 0 aliphatic carbocycles. The van der Waals surface area contributed by atoms with Crippen LogP contribution in [0, 0.1) is 22.6 Å². The SMILES string of the molecule is CCC(C)(C#N)C(=O)NCCc1cccc(F)c1. The summed E-state index contributed by atoms with van der Waals surface area (Å²) in [5, 5.41) is 11.7. The number of rotatable bonds is 5. The van der Waals surface area contributed by atoms with E-state index in [2.05, 4.69) is 5.32 Å². The fourth-order valence-electron chi connectivity index (χ4n) is 1.50. The van der Waals surface area contributed by atoms with Crippen LogP contribution in [0.15, 0.2) is 24.3 Å². The van der Waals surface area contributed by atoms with Gasteiger partial charge < -0.3 is 5.32 Å². The molecule has 0 heterocycles. The minimum Gasteiger partial charge on any atom is -0.354 e. The highest BCUT2D eigenvalue weighted by Gasteiger charge is 2.30. The van der Waals surface area contributed by atoms with Gasteiger partial charge in [0.2, 0.25) is 5.91 Å². The van der Waals surface area contributed by atoms with Gasteiger partial charge in [-0.05, 0) is 37.5 Å². The summed E-state index contributed by atoms with van der Waals surface area (Å²) in [5.74, 6) is -0.557. The van der Waals surface area contributed by atoms with Gasteiger partial charge in [-0.2, -0.15) is 5.26 Å². The molecular weight excluding hydrogens is 231 g/mol. The van der Waals surface area contributed by atoms with Crippen molar-refractivity contribution in [3.8, 4) is 6.07 Å². The number of carbonyl (C=O) groups is 1. The second-order valence-electron chi connectivity index (χ2n) is 4.43. The molecule has 4 heteroatoms. The number of amides is 1. The third kappa shape index (κ3) is 3.56. The number of hydrogen-bond donors (Lipinski definition) is 1. The van der Waals surface area contributed by atoms with Gasteiger partial charge in [-0.15, -0.1) is 0 Å². The van der Waals surface area contributed by atoms with E-state index >= 15 is 0 Å². The molecule has 1 amide bonds. The Morgan fingerprint density at radius 3 is 2.83 bits per heavy atom. The molecule has 1 aromatic carbocycles. The van der Waals surface area contributed by atoms with Crippen molar-refractivity contribution in [1.82, 2.24) is 5.32 Å². The lowest BCUT2D eigenvalue weighted by molar-refractivity contribution is -0.127.